The summed E-state index contributed by atoms with van der Waals surface area (Å²) >= 11 is 0. The first-order chi connectivity index (χ1) is 11.3. The summed E-state index contributed by atoms with van der Waals surface area (Å²) in [6.07, 6.45) is 8.09. The molecule has 4 rings (SSSR count). The van der Waals surface area contributed by atoms with Gasteiger partial charge in [0.25, 0.3) is 0 Å². The molecule has 1 saturated carbocycles. The number of nitrogens with zero attached hydrogens (tertiary/aromatic N) is 5. The molecule has 1 aliphatic rings. The molecule has 0 amide bonds. The van der Waals surface area contributed by atoms with Crippen molar-refractivity contribution in [2.24, 2.45) is 13.0 Å². The number of aryl methyl sites for hydroxylation is 1. The molecule has 3 aromatic rings. The van der Waals surface area contributed by atoms with Gasteiger partial charge in [-0.25, -0.2) is 4.98 Å². The first kappa shape index (κ1) is 14.2. The highest BCUT2D eigenvalue weighted by Gasteiger charge is 2.21. The van der Waals surface area contributed by atoms with E-state index in [4.69, 9.17) is 10.1 Å². The van der Waals surface area contributed by atoms with E-state index < -0.39 is 0 Å². The largest absolute Gasteiger partial charge is 0.251 e. The zero-order valence-electron chi connectivity index (χ0n) is 13.4. The topological polar surface area (TPSA) is 48.5 Å². The molecule has 0 atom stereocenters. The summed E-state index contributed by atoms with van der Waals surface area (Å²) in [6, 6.07) is 12.2. The van der Waals surface area contributed by atoms with Crippen LogP contribution in [0.3, 0.4) is 0 Å². The first-order valence-corrected chi connectivity index (χ1v) is 8.31. The van der Waals surface area contributed by atoms with Gasteiger partial charge < -0.3 is 0 Å². The quantitative estimate of drug-likeness (QED) is 0.742. The summed E-state index contributed by atoms with van der Waals surface area (Å²) in [5, 5.41) is 9.05. The molecule has 2 aromatic heterocycles. The van der Waals surface area contributed by atoms with E-state index in [9.17, 15) is 0 Å². The third kappa shape index (κ3) is 2.79. The van der Waals surface area contributed by atoms with Gasteiger partial charge in [0.05, 0.1) is 6.20 Å². The van der Waals surface area contributed by atoms with Gasteiger partial charge in [-0.2, -0.15) is 9.78 Å². The van der Waals surface area contributed by atoms with Gasteiger partial charge >= 0.3 is 0 Å². The maximum atomic E-state index is 4.85. The van der Waals surface area contributed by atoms with Crippen LogP contribution in [0.5, 0.6) is 0 Å². The molecule has 0 aliphatic heterocycles. The van der Waals surface area contributed by atoms with Crippen molar-refractivity contribution in [1.82, 2.24) is 24.5 Å². The van der Waals surface area contributed by atoms with Crippen LogP contribution in [0.15, 0.2) is 42.6 Å². The van der Waals surface area contributed by atoms with E-state index in [2.05, 4.69) is 17.2 Å². The Hall–Kier alpha value is -2.43. The van der Waals surface area contributed by atoms with Crippen molar-refractivity contribution in [3.63, 3.8) is 0 Å². The van der Waals surface area contributed by atoms with Gasteiger partial charge in [-0.1, -0.05) is 56.0 Å². The predicted molar refractivity (Wildman–Crippen MR) is 89.2 cm³/mol. The molecule has 1 aromatic carbocycles. The number of benzene rings is 1. The lowest BCUT2D eigenvalue weighted by atomic mass is 10.0. The van der Waals surface area contributed by atoms with E-state index in [-0.39, 0.29) is 0 Å². The lowest BCUT2D eigenvalue weighted by Gasteiger charge is -2.09. The molecular formula is C18H21N5. The smallest absolute Gasteiger partial charge is 0.181 e. The van der Waals surface area contributed by atoms with E-state index in [0.29, 0.717) is 0 Å². The van der Waals surface area contributed by atoms with E-state index in [0.717, 1.165) is 35.4 Å². The second-order valence-electron chi connectivity index (χ2n) is 6.30. The molecule has 1 aliphatic carbocycles. The molecule has 0 saturated heterocycles. The third-order valence-electron chi connectivity index (χ3n) is 4.66. The van der Waals surface area contributed by atoms with E-state index >= 15 is 0 Å². The molecule has 0 bridgehead atoms. The van der Waals surface area contributed by atoms with Crippen LogP contribution in [0.25, 0.3) is 17.2 Å². The SMILES string of the molecule is Cn1nccc1-n1nc(-c2ccccc2)nc1CC1CCCC1. The van der Waals surface area contributed by atoms with Crippen LogP contribution in [-0.2, 0) is 13.5 Å². The van der Waals surface area contributed by atoms with Crippen LogP contribution in [0.1, 0.15) is 31.5 Å². The Kier molecular flexibility index (Phi) is 3.69. The third-order valence-corrected chi connectivity index (χ3v) is 4.66. The molecule has 23 heavy (non-hydrogen) atoms. The van der Waals surface area contributed by atoms with Crippen molar-refractivity contribution in [1.29, 1.82) is 0 Å². The molecular weight excluding hydrogens is 286 g/mol. The van der Waals surface area contributed by atoms with Crippen LogP contribution in [0.4, 0.5) is 0 Å². The zero-order valence-corrected chi connectivity index (χ0v) is 13.4. The van der Waals surface area contributed by atoms with Crippen LogP contribution in [0, 0.1) is 5.92 Å². The summed E-state index contributed by atoms with van der Waals surface area (Å²) in [5.41, 5.74) is 1.06. The molecule has 118 valence electrons. The summed E-state index contributed by atoms with van der Waals surface area (Å²) in [5.74, 6) is 3.53. The minimum absolute atomic E-state index is 0.731. The summed E-state index contributed by atoms with van der Waals surface area (Å²) < 4.78 is 3.81. The van der Waals surface area contributed by atoms with Crippen molar-refractivity contribution in [3.05, 3.63) is 48.4 Å². The highest BCUT2D eigenvalue weighted by atomic mass is 15.4. The van der Waals surface area contributed by atoms with Gasteiger partial charge in [-0.05, 0) is 5.92 Å². The average Bonchev–Trinajstić information content (AvgIpc) is 3.30. The predicted octanol–water partition coefficient (Wildman–Crippen LogP) is 3.40. The monoisotopic (exact) mass is 307 g/mol. The summed E-state index contributed by atoms with van der Waals surface area (Å²) in [6.45, 7) is 0. The Labute approximate surface area is 136 Å². The molecule has 5 heteroatoms. The van der Waals surface area contributed by atoms with Crippen molar-refractivity contribution in [2.75, 3.05) is 0 Å². The fraction of sp³-hybridized carbons (Fsp3) is 0.389. The fourth-order valence-electron chi connectivity index (χ4n) is 3.42. The van der Waals surface area contributed by atoms with Crippen LogP contribution in [0.2, 0.25) is 0 Å². The second-order valence-corrected chi connectivity index (χ2v) is 6.30. The van der Waals surface area contributed by atoms with Crippen LogP contribution in [-0.4, -0.2) is 24.5 Å². The normalized spacial score (nSPS) is 15.3. The van der Waals surface area contributed by atoms with Gasteiger partial charge in [-0.3, -0.25) is 4.68 Å². The number of rotatable bonds is 4. The van der Waals surface area contributed by atoms with Crippen LogP contribution >= 0.6 is 0 Å². The Balaban J connectivity index is 1.75. The molecule has 0 unspecified atom stereocenters. The minimum Gasteiger partial charge on any atom is -0.251 e. The van der Waals surface area contributed by atoms with Crippen LogP contribution < -0.4 is 0 Å². The van der Waals surface area contributed by atoms with E-state index in [1.807, 2.05) is 40.7 Å². The number of hydrogen-bond acceptors (Lipinski definition) is 3. The van der Waals surface area contributed by atoms with Gasteiger partial charge in [0.2, 0.25) is 0 Å². The van der Waals surface area contributed by atoms with Gasteiger partial charge in [0.15, 0.2) is 11.6 Å². The van der Waals surface area contributed by atoms with E-state index in [1.165, 1.54) is 25.7 Å². The Morgan fingerprint density at radius 2 is 1.87 bits per heavy atom. The maximum absolute atomic E-state index is 4.85. The molecule has 0 radical (unpaired) electrons. The summed E-state index contributed by atoms with van der Waals surface area (Å²) in [4.78, 5) is 4.85. The molecule has 5 nitrogen and oxygen atoms in total. The van der Waals surface area contributed by atoms with Gasteiger partial charge in [0, 0.05) is 25.1 Å². The second kappa shape index (κ2) is 5.99. The standard InChI is InChI=1S/C18H21N5/c1-22-17(11-12-19-22)23-16(13-14-7-5-6-8-14)20-18(21-23)15-9-3-2-4-10-15/h2-4,9-12,14H,5-8,13H2,1H3. The molecule has 2 heterocycles. The van der Waals surface area contributed by atoms with E-state index in [1.54, 1.807) is 6.20 Å². The highest BCUT2D eigenvalue weighted by molar-refractivity contribution is 5.54. The zero-order chi connectivity index (χ0) is 15.6. The Morgan fingerprint density at radius 3 is 2.57 bits per heavy atom. The highest BCUT2D eigenvalue weighted by Crippen LogP contribution is 2.29. The average molecular weight is 307 g/mol. The molecule has 0 N–H and O–H groups in total. The van der Waals surface area contributed by atoms with Gasteiger partial charge in [-0.15, -0.1) is 5.10 Å². The van der Waals surface area contributed by atoms with Crippen molar-refractivity contribution >= 4 is 0 Å². The van der Waals surface area contributed by atoms with Gasteiger partial charge in [0.1, 0.15) is 5.82 Å². The summed E-state index contributed by atoms with van der Waals surface area (Å²) in [7, 11) is 1.94. The van der Waals surface area contributed by atoms with Crippen molar-refractivity contribution < 1.29 is 0 Å². The molecule has 0 spiro atoms. The lowest BCUT2D eigenvalue weighted by Crippen LogP contribution is -2.11. The Bertz CT molecular complexity index is 781. The minimum atomic E-state index is 0.731. The maximum Gasteiger partial charge on any atom is 0.181 e. The first-order valence-electron chi connectivity index (χ1n) is 8.31. The van der Waals surface area contributed by atoms with Crippen molar-refractivity contribution in [3.8, 4) is 17.2 Å². The Morgan fingerprint density at radius 1 is 1.09 bits per heavy atom. The number of aromatic nitrogens is 5. The lowest BCUT2D eigenvalue weighted by molar-refractivity contribution is 0.518. The molecule has 1 fully saturated rings. The van der Waals surface area contributed by atoms with Crippen molar-refractivity contribution in [2.45, 2.75) is 32.1 Å². The fourth-order valence-corrected chi connectivity index (χ4v) is 3.42. The number of hydrogen-bond donors (Lipinski definition) is 0.